The van der Waals surface area contributed by atoms with Crippen LogP contribution in [0.25, 0.3) is 0 Å². The Hall–Kier alpha value is -0.870. The van der Waals surface area contributed by atoms with Gasteiger partial charge in [-0.15, -0.1) is 11.3 Å². The first-order valence-corrected chi connectivity index (χ1v) is 6.95. The quantitative estimate of drug-likeness (QED) is 0.872. The molecule has 94 valence electrons. The molecule has 2 rings (SSSR count). The Kier molecular flexibility index (Phi) is 3.54. The average Bonchev–Trinajstić information content (AvgIpc) is 2.76. The van der Waals surface area contributed by atoms with Crippen LogP contribution in [0.4, 0.5) is 0 Å². The monoisotopic (exact) mass is 254 g/mol. The molecule has 1 aliphatic rings. The molecule has 0 aromatic carbocycles. The van der Waals surface area contributed by atoms with E-state index in [2.05, 4.69) is 0 Å². The zero-order valence-corrected chi connectivity index (χ0v) is 10.8. The minimum Gasteiger partial charge on any atom is -0.479 e. The molecule has 0 spiro atoms. The number of carboxylic acid groups (broad SMARTS) is 1. The Bertz CT molecular complexity index is 407. The average molecular weight is 254 g/mol. The van der Waals surface area contributed by atoms with Crippen LogP contribution < -0.4 is 0 Å². The van der Waals surface area contributed by atoms with E-state index >= 15 is 0 Å². The minimum atomic E-state index is -1.69. The summed E-state index contributed by atoms with van der Waals surface area (Å²) in [5.41, 5.74) is -1.10. The lowest BCUT2D eigenvalue weighted by atomic mass is 9.73. The minimum absolute atomic E-state index is 0.151. The molecule has 1 atom stereocenters. The highest BCUT2D eigenvalue weighted by molar-refractivity contribution is 7.10. The lowest BCUT2D eigenvalue weighted by Crippen LogP contribution is -2.44. The molecule has 1 saturated carbocycles. The van der Waals surface area contributed by atoms with Crippen molar-refractivity contribution in [2.24, 2.45) is 5.92 Å². The zero-order valence-electron chi connectivity index (χ0n) is 9.98. The van der Waals surface area contributed by atoms with Crippen LogP contribution in [0.15, 0.2) is 11.4 Å². The molecule has 0 amide bonds. The highest BCUT2D eigenvalue weighted by Crippen LogP contribution is 2.41. The van der Waals surface area contributed by atoms with E-state index in [-0.39, 0.29) is 5.92 Å². The maximum Gasteiger partial charge on any atom is 0.340 e. The third kappa shape index (κ3) is 2.11. The van der Waals surface area contributed by atoms with Crippen LogP contribution in [0.5, 0.6) is 0 Å². The van der Waals surface area contributed by atoms with Gasteiger partial charge in [-0.3, -0.25) is 0 Å². The van der Waals surface area contributed by atoms with Crippen LogP contribution >= 0.6 is 11.3 Å². The van der Waals surface area contributed by atoms with Gasteiger partial charge in [-0.05, 0) is 31.2 Å². The van der Waals surface area contributed by atoms with E-state index in [1.807, 2.05) is 12.3 Å². The van der Waals surface area contributed by atoms with Crippen molar-refractivity contribution < 1.29 is 15.0 Å². The summed E-state index contributed by atoms with van der Waals surface area (Å²) in [5.74, 6) is -1.26. The predicted octanol–water partition coefficient (Wildman–Crippen LogP) is 2.91. The number of aliphatic hydroxyl groups is 1. The highest BCUT2D eigenvalue weighted by Gasteiger charge is 2.47. The van der Waals surface area contributed by atoms with Crippen molar-refractivity contribution >= 4 is 17.3 Å². The molecular formula is C13H18O3S. The SMILES string of the molecule is Cc1sccc1C(O)(C(=O)O)C1CCCCC1. The summed E-state index contributed by atoms with van der Waals surface area (Å²) in [6.07, 6.45) is 4.79. The summed E-state index contributed by atoms with van der Waals surface area (Å²) in [4.78, 5) is 12.4. The van der Waals surface area contributed by atoms with Gasteiger partial charge in [0.1, 0.15) is 0 Å². The van der Waals surface area contributed by atoms with Crippen LogP contribution in [0.2, 0.25) is 0 Å². The van der Waals surface area contributed by atoms with Crippen molar-refractivity contribution in [1.82, 2.24) is 0 Å². The molecule has 4 heteroatoms. The predicted molar refractivity (Wildman–Crippen MR) is 67.2 cm³/mol. The molecule has 1 aliphatic carbocycles. The third-order valence-corrected chi connectivity index (χ3v) is 4.64. The van der Waals surface area contributed by atoms with Crippen molar-refractivity contribution in [3.05, 3.63) is 21.9 Å². The summed E-state index contributed by atoms with van der Waals surface area (Å²) in [5, 5.41) is 21.9. The number of rotatable bonds is 3. The van der Waals surface area contributed by atoms with Gasteiger partial charge in [0.05, 0.1) is 0 Å². The first-order chi connectivity index (χ1) is 8.06. The Morgan fingerprint density at radius 2 is 2.06 bits per heavy atom. The molecule has 0 aliphatic heterocycles. The van der Waals surface area contributed by atoms with Crippen molar-refractivity contribution in [3.8, 4) is 0 Å². The fourth-order valence-corrected chi connectivity index (χ4v) is 3.57. The standard InChI is InChI=1S/C13H18O3S/c1-9-11(7-8-17-9)13(16,12(14)15)10-5-3-2-4-6-10/h7-8,10,16H,2-6H2,1H3,(H,14,15). The Balaban J connectivity index is 2.38. The van der Waals surface area contributed by atoms with Crippen LogP contribution in [0.1, 0.15) is 42.5 Å². The van der Waals surface area contributed by atoms with Crippen molar-refractivity contribution in [2.45, 2.75) is 44.6 Å². The summed E-state index contributed by atoms with van der Waals surface area (Å²) in [6, 6.07) is 1.75. The molecular weight excluding hydrogens is 236 g/mol. The maximum absolute atomic E-state index is 11.5. The van der Waals surface area contributed by atoms with Crippen LogP contribution in [0.3, 0.4) is 0 Å². The molecule has 1 aromatic rings. The van der Waals surface area contributed by atoms with Crippen molar-refractivity contribution in [3.63, 3.8) is 0 Å². The van der Waals surface area contributed by atoms with Gasteiger partial charge in [0.2, 0.25) is 0 Å². The lowest BCUT2D eigenvalue weighted by molar-refractivity contribution is -0.168. The number of aryl methyl sites for hydroxylation is 1. The lowest BCUT2D eigenvalue weighted by Gasteiger charge is -2.35. The largest absolute Gasteiger partial charge is 0.479 e. The summed E-state index contributed by atoms with van der Waals surface area (Å²) < 4.78 is 0. The first kappa shape index (κ1) is 12.6. The second-order valence-electron chi connectivity index (χ2n) is 4.80. The van der Waals surface area contributed by atoms with Crippen LogP contribution in [-0.2, 0) is 10.4 Å². The molecule has 0 saturated heterocycles. The smallest absolute Gasteiger partial charge is 0.340 e. The number of carboxylic acids is 1. The zero-order chi connectivity index (χ0) is 12.5. The van der Waals surface area contributed by atoms with Crippen molar-refractivity contribution in [2.75, 3.05) is 0 Å². The van der Waals surface area contributed by atoms with E-state index in [1.54, 1.807) is 6.07 Å². The van der Waals surface area contributed by atoms with Gasteiger partial charge in [0.15, 0.2) is 5.60 Å². The second kappa shape index (κ2) is 4.78. The maximum atomic E-state index is 11.5. The molecule has 2 N–H and O–H groups in total. The fraction of sp³-hybridized carbons (Fsp3) is 0.615. The van der Waals surface area contributed by atoms with E-state index in [0.29, 0.717) is 5.56 Å². The normalized spacial score (nSPS) is 21.1. The molecule has 0 bridgehead atoms. The van der Waals surface area contributed by atoms with Gasteiger partial charge >= 0.3 is 5.97 Å². The van der Waals surface area contributed by atoms with Crippen molar-refractivity contribution in [1.29, 1.82) is 0 Å². The molecule has 1 unspecified atom stereocenters. The fourth-order valence-electron chi connectivity index (χ4n) is 2.81. The summed E-state index contributed by atoms with van der Waals surface area (Å²) in [6.45, 7) is 1.87. The van der Waals surface area contributed by atoms with Gasteiger partial charge in [-0.25, -0.2) is 4.79 Å². The number of aliphatic carboxylic acids is 1. The molecule has 1 heterocycles. The Morgan fingerprint density at radius 1 is 1.41 bits per heavy atom. The highest BCUT2D eigenvalue weighted by atomic mass is 32.1. The van der Waals surface area contributed by atoms with Gasteiger partial charge in [0, 0.05) is 16.4 Å². The number of carbonyl (C=O) groups is 1. The first-order valence-electron chi connectivity index (χ1n) is 6.07. The number of hydrogen-bond acceptors (Lipinski definition) is 3. The van der Waals surface area contributed by atoms with E-state index in [1.165, 1.54) is 11.3 Å². The van der Waals surface area contributed by atoms with E-state index in [9.17, 15) is 15.0 Å². The molecule has 1 aromatic heterocycles. The molecule has 1 fully saturated rings. The number of hydrogen-bond donors (Lipinski definition) is 2. The topological polar surface area (TPSA) is 57.5 Å². The Labute approximate surface area is 105 Å². The van der Waals surface area contributed by atoms with Gasteiger partial charge in [-0.1, -0.05) is 19.3 Å². The molecule has 3 nitrogen and oxygen atoms in total. The second-order valence-corrected chi connectivity index (χ2v) is 5.92. The summed E-state index contributed by atoms with van der Waals surface area (Å²) in [7, 11) is 0. The van der Waals surface area contributed by atoms with Gasteiger partial charge < -0.3 is 10.2 Å². The third-order valence-electron chi connectivity index (χ3n) is 3.79. The summed E-state index contributed by atoms with van der Waals surface area (Å²) >= 11 is 1.49. The van der Waals surface area contributed by atoms with E-state index < -0.39 is 11.6 Å². The molecule has 0 radical (unpaired) electrons. The van der Waals surface area contributed by atoms with Crippen LogP contribution in [0, 0.1) is 12.8 Å². The van der Waals surface area contributed by atoms with E-state index in [0.717, 1.165) is 37.0 Å². The Morgan fingerprint density at radius 3 is 2.53 bits per heavy atom. The van der Waals surface area contributed by atoms with E-state index in [4.69, 9.17) is 0 Å². The van der Waals surface area contributed by atoms with Gasteiger partial charge in [-0.2, -0.15) is 0 Å². The number of thiophene rings is 1. The molecule has 17 heavy (non-hydrogen) atoms. The van der Waals surface area contributed by atoms with Crippen LogP contribution in [-0.4, -0.2) is 16.2 Å². The van der Waals surface area contributed by atoms with Gasteiger partial charge in [0.25, 0.3) is 0 Å².